The monoisotopic (exact) mass is 573 g/mol. The molecule has 0 bridgehead atoms. The number of carbonyl (C=O) groups excluding carboxylic acids is 3. The molecule has 3 aromatic rings. The van der Waals surface area contributed by atoms with Crippen molar-refractivity contribution in [2.45, 2.75) is 6.92 Å². The molecular weight excluding hydrogens is 561 g/mol. The Morgan fingerprint density at radius 2 is 1.70 bits per heavy atom. The number of nitrogens with zero attached hydrogens (tertiary/aromatic N) is 2. The third kappa shape index (κ3) is 5.59. The molecule has 0 atom stereocenters. The van der Waals surface area contributed by atoms with Crippen LogP contribution in [-0.4, -0.2) is 34.6 Å². The van der Waals surface area contributed by atoms with Crippen molar-refractivity contribution in [3.63, 3.8) is 0 Å². The van der Waals surface area contributed by atoms with Gasteiger partial charge in [-0.15, -0.1) is 0 Å². The Balaban J connectivity index is 2.00. The lowest BCUT2D eigenvalue weighted by Crippen LogP contribution is -2.41. The molecule has 0 saturated carbocycles. The summed E-state index contributed by atoms with van der Waals surface area (Å²) in [5.74, 6) is -1.29. The van der Waals surface area contributed by atoms with Gasteiger partial charge in [0.1, 0.15) is 5.69 Å². The van der Waals surface area contributed by atoms with Crippen LogP contribution in [0.5, 0.6) is 0 Å². The fourth-order valence-corrected chi connectivity index (χ4v) is 4.16. The Morgan fingerprint density at radius 1 is 1.03 bits per heavy atom. The summed E-state index contributed by atoms with van der Waals surface area (Å²) in [7, 11) is 1.14. The summed E-state index contributed by atoms with van der Waals surface area (Å²) >= 11 is 22.0. The fraction of sp³-hybridized carbons (Fsp3) is 0.100. The molecule has 2 aromatic heterocycles. The minimum atomic E-state index is -0.874. The van der Waals surface area contributed by atoms with E-state index in [1.54, 1.807) is 25.3 Å². The molecule has 2 heterocycles. The molecule has 0 unspecified atom stereocenters. The van der Waals surface area contributed by atoms with Crippen molar-refractivity contribution in [2.24, 2.45) is 0 Å². The maximum absolute atomic E-state index is 13.3. The Morgan fingerprint density at radius 3 is 2.33 bits per heavy atom. The van der Waals surface area contributed by atoms with E-state index in [2.05, 4.69) is 41.8 Å². The first kappa shape index (κ1) is 24.8. The summed E-state index contributed by atoms with van der Waals surface area (Å²) in [5, 5.41) is 3.45. The first-order valence-corrected chi connectivity index (χ1v) is 11.0. The van der Waals surface area contributed by atoms with E-state index in [0.717, 1.165) is 7.11 Å². The number of benzene rings is 1. The average Bonchev–Trinajstić information content (AvgIpc) is 3.14. The van der Waals surface area contributed by atoms with Gasteiger partial charge < -0.3 is 14.6 Å². The zero-order valence-corrected chi connectivity index (χ0v) is 20.9. The van der Waals surface area contributed by atoms with Crippen molar-refractivity contribution < 1.29 is 19.1 Å². The number of aryl methyl sites for hydroxylation is 1. The quantitative estimate of drug-likeness (QED) is 0.372. The second kappa shape index (κ2) is 10.4. The molecule has 0 fully saturated rings. The van der Waals surface area contributed by atoms with Crippen LogP contribution in [0.2, 0.25) is 15.1 Å². The standard InChI is InChI=1S/C20H15BrCl3N5O4/c1-9-3-11(22)5-12(18(30)27-28-20(32)33-2)16(9)26-19(31)15-4-10(21)8-29(15)17-13(23)6-25-7-14(17)24/h3-8H,1-2H3,(H,26,31)(H,27,30)(H,28,32). The number of amides is 3. The molecule has 0 aliphatic rings. The number of nitrogens with one attached hydrogen (secondary N) is 3. The van der Waals surface area contributed by atoms with Gasteiger partial charge in [-0.05, 0) is 46.6 Å². The van der Waals surface area contributed by atoms with Crippen LogP contribution in [0.4, 0.5) is 10.5 Å². The number of hydrogen-bond acceptors (Lipinski definition) is 5. The molecule has 172 valence electrons. The Kier molecular flexibility index (Phi) is 7.85. The van der Waals surface area contributed by atoms with E-state index >= 15 is 0 Å². The third-order valence-corrected chi connectivity index (χ3v) is 5.54. The van der Waals surface area contributed by atoms with E-state index in [-0.39, 0.29) is 32.0 Å². The highest BCUT2D eigenvalue weighted by molar-refractivity contribution is 9.10. The van der Waals surface area contributed by atoms with Gasteiger partial charge in [-0.1, -0.05) is 34.8 Å². The van der Waals surface area contributed by atoms with Crippen LogP contribution in [0.1, 0.15) is 26.4 Å². The minimum Gasteiger partial charge on any atom is -0.452 e. The summed E-state index contributed by atoms with van der Waals surface area (Å²) < 4.78 is 6.50. The molecule has 0 radical (unpaired) electrons. The van der Waals surface area contributed by atoms with Gasteiger partial charge >= 0.3 is 6.09 Å². The van der Waals surface area contributed by atoms with Gasteiger partial charge in [0, 0.05) is 28.1 Å². The summed E-state index contributed by atoms with van der Waals surface area (Å²) in [6, 6.07) is 4.49. The second-order valence-corrected chi connectivity index (χ2v) is 8.70. The molecule has 9 nitrogen and oxygen atoms in total. The number of hydrogen-bond donors (Lipinski definition) is 3. The largest absolute Gasteiger partial charge is 0.452 e. The van der Waals surface area contributed by atoms with Gasteiger partial charge in [0.15, 0.2) is 0 Å². The molecule has 3 amide bonds. The van der Waals surface area contributed by atoms with Gasteiger partial charge in [-0.2, -0.15) is 0 Å². The van der Waals surface area contributed by atoms with Crippen LogP contribution in [0.25, 0.3) is 5.69 Å². The van der Waals surface area contributed by atoms with Crippen LogP contribution in [-0.2, 0) is 4.74 Å². The molecular formula is C20H15BrCl3N5O4. The Labute approximate surface area is 211 Å². The van der Waals surface area contributed by atoms with Crippen molar-refractivity contribution >= 4 is 74.3 Å². The first-order valence-electron chi connectivity index (χ1n) is 9.05. The predicted octanol–water partition coefficient (Wildman–Crippen LogP) is 5.16. The van der Waals surface area contributed by atoms with E-state index in [1.807, 2.05) is 0 Å². The lowest BCUT2D eigenvalue weighted by molar-refractivity contribution is 0.0921. The molecule has 33 heavy (non-hydrogen) atoms. The van der Waals surface area contributed by atoms with Gasteiger partial charge in [0.2, 0.25) is 0 Å². The lowest BCUT2D eigenvalue weighted by atomic mass is 10.1. The minimum absolute atomic E-state index is 0.0156. The summed E-state index contributed by atoms with van der Waals surface area (Å²) in [5.41, 5.74) is 5.49. The number of anilines is 1. The first-order chi connectivity index (χ1) is 15.6. The van der Waals surface area contributed by atoms with E-state index in [0.29, 0.717) is 15.7 Å². The molecule has 0 aliphatic heterocycles. The number of carbonyl (C=O) groups is 3. The number of rotatable bonds is 4. The van der Waals surface area contributed by atoms with E-state index in [1.165, 1.54) is 23.0 Å². The smallest absolute Gasteiger partial charge is 0.425 e. The maximum Gasteiger partial charge on any atom is 0.425 e. The molecule has 0 spiro atoms. The molecule has 1 aromatic carbocycles. The summed E-state index contributed by atoms with van der Waals surface area (Å²) in [6.07, 6.45) is 3.54. The predicted molar refractivity (Wildman–Crippen MR) is 128 cm³/mol. The average molecular weight is 576 g/mol. The van der Waals surface area contributed by atoms with Crippen LogP contribution in [0.3, 0.4) is 0 Å². The topological polar surface area (TPSA) is 114 Å². The van der Waals surface area contributed by atoms with Crippen molar-refractivity contribution in [3.8, 4) is 5.69 Å². The normalized spacial score (nSPS) is 10.5. The maximum atomic E-state index is 13.3. The number of methoxy groups -OCH3 is 1. The van der Waals surface area contributed by atoms with Crippen molar-refractivity contribution in [1.29, 1.82) is 0 Å². The highest BCUT2D eigenvalue weighted by Crippen LogP contribution is 2.32. The van der Waals surface area contributed by atoms with E-state index in [9.17, 15) is 14.4 Å². The van der Waals surface area contributed by atoms with Crippen molar-refractivity contribution in [1.82, 2.24) is 20.4 Å². The van der Waals surface area contributed by atoms with Crippen LogP contribution >= 0.6 is 50.7 Å². The number of halogens is 4. The number of hydrazine groups is 1. The van der Waals surface area contributed by atoms with Crippen molar-refractivity contribution in [3.05, 3.63) is 73.2 Å². The number of ether oxygens (including phenoxy) is 1. The van der Waals surface area contributed by atoms with Crippen LogP contribution < -0.4 is 16.2 Å². The zero-order valence-electron chi connectivity index (χ0n) is 17.0. The Bertz CT molecular complexity index is 1240. The fourth-order valence-electron chi connectivity index (χ4n) is 2.92. The van der Waals surface area contributed by atoms with Crippen LogP contribution in [0.15, 0.2) is 41.3 Å². The highest BCUT2D eigenvalue weighted by Gasteiger charge is 2.22. The zero-order chi connectivity index (χ0) is 24.3. The molecule has 0 aliphatic carbocycles. The van der Waals surface area contributed by atoms with Gasteiger partial charge in [0.05, 0.1) is 34.1 Å². The lowest BCUT2D eigenvalue weighted by Gasteiger charge is -2.16. The SMILES string of the molecule is COC(=O)NNC(=O)c1cc(Cl)cc(C)c1NC(=O)c1cc(Br)cn1-c1c(Cl)cncc1Cl. The van der Waals surface area contributed by atoms with Gasteiger partial charge in [0.25, 0.3) is 11.8 Å². The number of aromatic nitrogens is 2. The molecule has 3 rings (SSSR count). The second-order valence-electron chi connectivity index (χ2n) is 6.54. The molecule has 13 heteroatoms. The van der Waals surface area contributed by atoms with Crippen molar-refractivity contribution in [2.75, 3.05) is 12.4 Å². The van der Waals surface area contributed by atoms with Gasteiger partial charge in [-0.3, -0.25) is 20.0 Å². The summed E-state index contributed by atoms with van der Waals surface area (Å²) in [4.78, 5) is 41.1. The number of pyridine rings is 1. The van der Waals surface area contributed by atoms with E-state index < -0.39 is 17.9 Å². The highest BCUT2D eigenvalue weighted by atomic mass is 79.9. The Hall–Kier alpha value is -2.79. The van der Waals surface area contributed by atoms with Gasteiger partial charge in [-0.25, -0.2) is 10.2 Å². The molecule has 3 N–H and O–H groups in total. The summed E-state index contributed by atoms with van der Waals surface area (Å²) in [6.45, 7) is 1.66. The van der Waals surface area contributed by atoms with Crippen LogP contribution in [0, 0.1) is 6.92 Å². The molecule has 0 saturated heterocycles. The van der Waals surface area contributed by atoms with E-state index in [4.69, 9.17) is 34.8 Å². The third-order valence-electron chi connectivity index (χ3n) is 4.34.